The quantitative estimate of drug-likeness (QED) is 0.261. The number of fused-ring (bicyclic) bond motifs is 2. The van der Waals surface area contributed by atoms with Gasteiger partial charge in [0.05, 0.1) is 5.56 Å². The lowest BCUT2D eigenvalue weighted by Crippen LogP contribution is -2.41. The summed E-state index contributed by atoms with van der Waals surface area (Å²) in [6.45, 7) is 0.224. The molecule has 0 saturated heterocycles. The van der Waals surface area contributed by atoms with Crippen LogP contribution < -0.4 is 0 Å². The standard InChI is InChI=1S/C33H26FNO/c34-31-17-9-7-15-27(31)22-35(28-20-25-13-4-5-14-26(25)21-28)33(36)32-29-16-8-6-12-24(29)18-19-30(32)23-10-2-1-3-11-23/h1-19,28H,20-22H2. The number of benzene rings is 5. The van der Waals surface area contributed by atoms with Crippen molar-refractivity contribution < 1.29 is 9.18 Å². The first-order chi connectivity index (χ1) is 17.7. The predicted molar refractivity (Wildman–Crippen MR) is 143 cm³/mol. The maximum absolute atomic E-state index is 14.8. The largest absolute Gasteiger partial charge is 0.331 e. The summed E-state index contributed by atoms with van der Waals surface area (Å²) in [5.74, 6) is -0.348. The Labute approximate surface area is 210 Å². The molecule has 0 fully saturated rings. The van der Waals surface area contributed by atoms with Crippen molar-refractivity contribution >= 4 is 16.7 Å². The van der Waals surface area contributed by atoms with Crippen LogP contribution in [0.15, 0.2) is 115 Å². The zero-order valence-corrected chi connectivity index (χ0v) is 19.9. The number of nitrogens with zero attached hydrogens (tertiary/aromatic N) is 1. The summed E-state index contributed by atoms with van der Waals surface area (Å²) in [7, 11) is 0. The average molecular weight is 472 g/mol. The number of halogens is 1. The van der Waals surface area contributed by atoms with Crippen LogP contribution in [0.5, 0.6) is 0 Å². The first-order valence-corrected chi connectivity index (χ1v) is 12.4. The molecule has 0 aromatic heterocycles. The molecule has 176 valence electrons. The molecule has 0 N–H and O–H groups in total. The zero-order valence-electron chi connectivity index (χ0n) is 19.9. The molecule has 1 amide bonds. The lowest BCUT2D eigenvalue weighted by molar-refractivity contribution is 0.0668. The Balaban J connectivity index is 1.50. The average Bonchev–Trinajstić information content (AvgIpc) is 3.36. The van der Waals surface area contributed by atoms with Gasteiger partial charge in [0.1, 0.15) is 5.82 Å². The molecular formula is C33H26FNO. The molecule has 2 nitrogen and oxygen atoms in total. The molecule has 0 atom stereocenters. The summed E-state index contributed by atoms with van der Waals surface area (Å²) >= 11 is 0. The highest BCUT2D eigenvalue weighted by Crippen LogP contribution is 2.34. The lowest BCUT2D eigenvalue weighted by atomic mass is 9.92. The normalized spacial score (nSPS) is 13.0. The molecule has 5 aromatic rings. The SMILES string of the molecule is O=C(c1c(-c2ccccc2)ccc2ccccc12)N(Cc1ccccc1F)C1Cc2ccccc2C1. The smallest absolute Gasteiger partial charge is 0.255 e. The van der Waals surface area contributed by atoms with Crippen LogP contribution in [-0.4, -0.2) is 16.8 Å². The number of carbonyl (C=O) groups is 1. The summed E-state index contributed by atoms with van der Waals surface area (Å²) in [5.41, 5.74) is 5.61. The van der Waals surface area contributed by atoms with Crippen LogP contribution >= 0.6 is 0 Å². The van der Waals surface area contributed by atoms with Crippen molar-refractivity contribution in [2.45, 2.75) is 25.4 Å². The summed E-state index contributed by atoms with van der Waals surface area (Å²) in [6, 6.07) is 37.2. The van der Waals surface area contributed by atoms with Crippen molar-refractivity contribution in [3.05, 3.63) is 143 Å². The van der Waals surface area contributed by atoms with Gasteiger partial charge in [-0.2, -0.15) is 0 Å². The third-order valence-corrected chi connectivity index (χ3v) is 7.26. The van der Waals surface area contributed by atoms with Crippen molar-refractivity contribution in [3.63, 3.8) is 0 Å². The van der Waals surface area contributed by atoms with E-state index in [0.29, 0.717) is 11.1 Å². The van der Waals surface area contributed by atoms with E-state index in [-0.39, 0.29) is 24.3 Å². The second-order valence-electron chi connectivity index (χ2n) is 9.43. The van der Waals surface area contributed by atoms with E-state index in [1.165, 1.54) is 17.2 Å². The summed E-state index contributed by atoms with van der Waals surface area (Å²) in [4.78, 5) is 16.5. The molecule has 0 aliphatic heterocycles. The minimum Gasteiger partial charge on any atom is -0.331 e. The topological polar surface area (TPSA) is 20.3 Å². The van der Waals surface area contributed by atoms with Crippen molar-refractivity contribution in [1.29, 1.82) is 0 Å². The van der Waals surface area contributed by atoms with Gasteiger partial charge in [0.25, 0.3) is 5.91 Å². The first-order valence-electron chi connectivity index (χ1n) is 12.4. The van der Waals surface area contributed by atoms with Gasteiger partial charge in [0.2, 0.25) is 0 Å². The number of amides is 1. The van der Waals surface area contributed by atoms with E-state index in [0.717, 1.165) is 34.7 Å². The third kappa shape index (κ3) is 4.07. The van der Waals surface area contributed by atoms with Gasteiger partial charge in [-0.05, 0) is 51.9 Å². The molecule has 36 heavy (non-hydrogen) atoms. The molecule has 3 heteroatoms. The van der Waals surface area contributed by atoms with Gasteiger partial charge >= 0.3 is 0 Å². The molecule has 0 unspecified atom stereocenters. The Morgan fingerprint density at radius 3 is 2.11 bits per heavy atom. The highest BCUT2D eigenvalue weighted by atomic mass is 19.1. The Hall–Kier alpha value is -4.24. The summed E-state index contributed by atoms with van der Waals surface area (Å²) in [5, 5.41) is 1.93. The van der Waals surface area contributed by atoms with Crippen molar-refractivity contribution in [3.8, 4) is 11.1 Å². The molecule has 0 saturated carbocycles. The van der Waals surface area contributed by atoms with Crippen LogP contribution in [0.1, 0.15) is 27.0 Å². The monoisotopic (exact) mass is 471 g/mol. The van der Waals surface area contributed by atoms with Crippen LogP contribution in [0.2, 0.25) is 0 Å². The molecular weight excluding hydrogens is 445 g/mol. The summed E-state index contributed by atoms with van der Waals surface area (Å²) < 4.78 is 14.8. The van der Waals surface area contributed by atoms with Crippen LogP contribution in [0.25, 0.3) is 21.9 Å². The fourth-order valence-corrected chi connectivity index (χ4v) is 5.44. The molecule has 1 aliphatic carbocycles. The van der Waals surface area contributed by atoms with Gasteiger partial charge in [0.15, 0.2) is 0 Å². The second kappa shape index (κ2) is 9.43. The van der Waals surface area contributed by atoms with Crippen LogP contribution in [0, 0.1) is 5.82 Å². The fraction of sp³-hybridized carbons (Fsp3) is 0.121. The number of rotatable bonds is 5. The number of carbonyl (C=O) groups excluding carboxylic acids is 1. The molecule has 5 aromatic carbocycles. The van der Waals surface area contributed by atoms with E-state index in [1.54, 1.807) is 12.1 Å². The van der Waals surface area contributed by atoms with E-state index in [2.05, 4.69) is 18.2 Å². The van der Waals surface area contributed by atoms with Gasteiger partial charge in [-0.3, -0.25) is 4.79 Å². The van der Waals surface area contributed by atoms with E-state index < -0.39 is 0 Å². The Morgan fingerprint density at radius 1 is 0.722 bits per heavy atom. The Bertz CT molecular complexity index is 1530. The molecule has 0 spiro atoms. The molecule has 6 rings (SSSR count). The molecule has 0 radical (unpaired) electrons. The van der Waals surface area contributed by atoms with Gasteiger partial charge in [0, 0.05) is 18.2 Å². The van der Waals surface area contributed by atoms with Gasteiger partial charge in [-0.25, -0.2) is 4.39 Å². The molecule has 0 heterocycles. The van der Waals surface area contributed by atoms with E-state index in [1.807, 2.05) is 83.8 Å². The maximum atomic E-state index is 14.8. The van der Waals surface area contributed by atoms with E-state index in [4.69, 9.17) is 0 Å². The van der Waals surface area contributed by atoms with Crippen molar-refractivity contribution in [2.24, 2.45) is 0 Å². The lowest BCUT2D eigenvalue weighted by Gasteiger charge is -2.31. The van der Waals surface area contributed by atoms with Crippen LogP contribution in [0.4, 0.5) is 4.39 Å². The predicted octanol–water partition coefficient (Wildman–Crippen LogP) is 7.46. The highest BCUT2D eigenvalue weighted by molar-refractivity contribution is 6.12. The van der Waals surface area contributed by atoms with Crippen molar-refractivity contribution in [2.75, 3.05) is 0 Å². The van der Waals surface area contributed by atoms with Crippen molar-refractivity contribution in [1.82, 2.24) is 4.90 Å². The first kappa shape index (κ1) is 22.2. The minimum absolute atomic E-state index is 0.0444. The number of hydrogen-bond donors (Lipinski definition) is 0. The van der Waals surface area contributed by atoms with E-state index in [9.17, 15) is 9.18 Å². The van der Waals surface area contributed by atoms with E-state index >= 15 is 0 Å². The minimum atomic E-state index is -0.285. The Kier molecular flexibility index (Phi) is 5.82. The third-order valence-electron chi connectivity index (χ3n) is 7.26. The number of hydrogen-bond acceptors (Lipinski definition) is 1. The van der Waals surface area contributed by atoms with Gasteiger partial charge < -0.3 is 4.90 Å². The maximum Gasteiger partial charge on any atom is 0.255 e. The van der Waals surface area contributed by atoms with Crippen LogP contribution in [-0.2, 0) is 19.4 Å². The van der Waals surface area contributed by atoms with Gasteiger partial charge in [-0.1, -0.05) is 109 Å². The summed E-state index contributed by atoms with van der Waals surface area (Å²) in [6.07, 6.45) is 1.53. The van der Waals surface area contributed by atoms with Gasteiger partial charge in [-0.15, -0.1) is 0 Å². The molecule has 0 bridgehead atoms. The molecule has 1 aliphatic rings. The zero-order chi connectivity index (χ0) is 24.5. The second-order valence-corrected chi connectivity index (χ2v) is 9.43. The highest BCUT2D eigenvalue weighted by Gasteiger charge is 2.32. The Morgan fingerprint density at radius 2 is 1.36 bits per heavy atom. The fourth-order valence-electron chi connectivity index (χ4n) is 5.44. The van der Waals surface area contributed by atoms with Crippen LogP contribution in [0.3, 0.4) is 0 Å².